The maximum atomic E-state index is 9.33. The van der Waals surface area contributed by atoms with Crippen molar-refractivity contribution in [3.8, 4) is 5.75 Å². The van der Waals surface area contributed by atoms with Crippen molar-refractivity contribution >= 4 is 0 Å². The van der Waals surface area contributed by atoms with E-state index in [1.807, 2.05) is 32.9 Å². The Labute approximate surface area is 86.6 Å². The predicted octanol–water partition coefficient (Wildman–Crippen LogP) is 2.31. The largest absolute Gasteiger partial charge is 0.507 e. The first kappa shape index (κ1) is 10.9. The summed E-state index contributed by atoms with van der Waals surface area (Å²) < 4.78 is 0. The van der Waals surface area contributed by atoms with Gasteiger partial charge < -0.3 is 5.11 Å². The predicted molar refractivity (Wildman–Crippen MR) is 42.3 cm³/mol. The van der Waals surface area contributed by atoms with Crippen molar-refractivity contribution in [2.45, 2.75) is 20.8 Å². The van der Waals surface area contributed by atoms with E-state index in [4.69, 9.17) is 0 Å². The standard InChI is InChI=1S/C9H12O.Zr/c1-6-4-7(2)9(10)8(3)5-6;/h4-5,10H,1-3H3;. The van der Waals surface area contributed by atoms with Gasteiger partial charge in [0.2, 0.25) is 0 Å². The normalized spacial score (nSPS) is 9.00. The van der Waals surface area contributed by atoms with Crippen LogP contribution >= 0.6 is 0 Å². The van der Waals surface area contributed by atoms with Crippen molar-refractivity contribution in [2.75, 3.05) is 0 Å². The molecule has 0 fully saturated rings. The summed E-state index contributed by atoms with van der Waals surface area (Å²) in [4.78, 5) is 0. The molecule has 2 heteroatoms. The van der Waals surface area contributed by atoms with Crippen LogP contribution in [-0.4, -0.2) is 5.11 Å². The summed E-state index contributed by atoms with van der Waals surface area (Å²) in [5.41, 5.74) is 3.11. The Morgan fingerprint density at radius 2 is 1.36 bits per heavy atom. The molecule has 0 bridgehead atoms. The van der Waals surface area contributed by atoms with Crippen molar-refractivity contribution in [2.24, 2.45) is 0 Å². The molecule has 1 nitrogen and oxygen atoms in total. The van der Waals surface area contributed by atoms with Crippen molar-refractivity contribution < 1.29 is 31.3 Å². The summed E-state index contributed by atoms with van der Waals surface area (Å²) in [7, 11) is 0. The molecule has 0 aromatic heterocycles. The molecule has 0 spiro atoms. The second kappa shape index (κ2) is 4.06. The number of aryl methyl sites for hydroxylation is 3. The van der Waals surface area contributed by atoms with Crippen molar-refractivity contribution in [1.29, 1.82) is 0 Å². The Morgan fingerprint density at radius 3 is 1.73 bits per heavy atom. The van der Waals surface area contributed by atoms with E-state index in [9.17, 15) is 5.11 Å². The van der Waals surface area contributed by atoms with Gasteiger partial charge in [-0.3, -0.25) is 0 Å². The van der Waals surface area contributed by atoms with Crippen LogP contribution in [-0.2, 0) is 26.2 Å². The molecule has 0 aliphatic heterocycles. The van der Waals surface area contributed by atoms with Crippen molar-refractivity contribution in [1.82, 2.24) is 0 Å². The van der Waals surface area contributed by atoms with E-state index in [-0.39, 0.29) is 26.2 Å². The Balaban J connectivity index is 0.000001000. The molecule has 0 unspecified atom stereocenters. The van der Waals surface area contributed by atoms with Crippen LogP contribution in [0.3, 0.4) is 0 Å². The molecule has 0 saturated heterocycles. The quantitative estimate of drug-likeness (QED) is 0.721. The van der Waals surface area contributed by atoms with Gasteiger partial charge in [-0.25, -0.2) is 0 Å². The fourth-order valence-corrected chi connectivity index (χ4v) is 1.17. The molecule has 0 aliphatic carbocycles. The van der Waals surface area contributed by atoms with Crippen LogP contribution in [0.25, 0.3) is 0 Å². The van der Waals surface area contributed by atoms with Gasteiger partial charge in [0.1, 0.15) is 5.75 Å². The zero-order chi connectivity index (χ0) is 7.72. The topological polar surface area (TPSA) is 20.2 Å². The molecule has 1 aromatic carbocycles. The first-order valence-electron chi connectivity index (χ1n) is 3.38. The van der Waals surface area contributed by atoms with Gasteiger partial charge in [0, 0.05) is 26.2 Å². The molecule has 1 aromatic rings. The van der Waals surface area contributed by atoms with Gasteiger partial charge in [-0.05, 0) is 31.9 Å². The Morgan fingerprint density at radius 1 is 1.00 bits per heavy atom. The third kappa shape index (κ3) is 2.45. The molecule has 0 saturated carbocycles. The van der Waals surface area contributed by atoms with Gasteiger partial charge in [0.25, 0.3) is 0 Å². The van der Waals surface area contributed by atoms with Crippen molar-refractivity contribution in [3.05, 3.63) is 28.8 Å². The maximum absolute atomic E-state index is 9.33. The molecule has 1 N–H and O–H groups in total. The Bertz CT molecular complexity index is 233. The first-order valence-corrected chi connectivity index (χ1v) is 3.38. The van der Waals surface area contributed by atoms with E-state index in [1.165, 1.54) is 5.56 Å². The monoisotopic (exact) mass is 226 g/mol. The van der Waals surface area contributed by atoms with Crippen LogP contribution in [0.1, 0.15) is 16.7 Å². The van der Waals surface area contributed by atoms with Crippen LogP contribution in [0.2, 0.25) is 0 Å². The van der Waals surface area contributed by atoms with Gasteiger partial charge >= 0.3 is 0 Å². The van der Waals surface area contributed by atoms with E-state index in [0.717, 1.165) is 11.1 Å². The van der Waals surface area contributed by atoms with Gasteiger partial charge in [-0.1, -0.05) is 17.7 Å². The number of aromatic hydroxyl groups is 1. The minimum absolute atomic E-state index is 0. The van der Waals surface area contributed by atoms with Gasteiger partial charge in [-0.15, -0.1) is 0 Å². The van der Waals surface area contributed by atoms with Gasteiger partial charge in [0.15, 0.2) is 0 Å². The van der Waals surface area contributed by atoms with Gasteiger partial charge in [0.05, 0.1) is 0 Å². The molecule has 0 atom stereocenters. The molecule has 11 heavy (non-hydrogen) atoms. The second-order valence-electron chi connectivity index (χ2n) is 2.75. The number of hydrogen-bond donors (Lipinski definition) is 1. The minimum atomic E-state index is 0. The summed E-state index contributed by atoms with van der Waals surface area (Å²) in [6.45, 7) is 5.85. The third-order valence-corrected chi connectivity index (χ3v) is 1.64. The fourth-order valence-electron chi connectivity index (χ4n) is 1.17. The number of benzene rings is 1. The van der Waals surface area contributed by atoms with E-state index in [1.54, 1.807) is 0 Å². The zero-order valence-corrected chi connectivity index (χ0v) is 9.56. The van der Waals surface area contributed by atoms with Crippen LogP contribution in [0.5, 0.6) is 5.75 Å². The van der Waals surface area contributed by atoms with Crippen molar-refractivity contribution in [3.63, 3.8) is 0 Å². The number of rotatable bonds is 0. The van der Waals surface area contributed by atoms with E-state index < -0.39 is 0 Å². The van der Waals surface area contributed by atoms with Crippen LogP contribution in [0.4, 0.5) is 0 Å². The summed E-state index contributed by atoms with van der Waals surface area (Å²) in [5, 5.41) is 9.33. The Kier molecular flexibility index (Phi) is 4.03. The molecule has 58 valence electrons. The molecule has 0 heterocycles. The average molecular weight is 227 g/mol. The number of phenolic OH excluding ortho intramolecular Hbond substituents is 1. The fraction of sp³-hybridized carbons (Fsp3) is 0.333. The van der Waals surface area contributed by atoms with E-state index >= 15 is 0 Å². The second-order valence-corrected chi connectivity index (χ2v) is 2.75. The maximum Gasteiger partial charge on any atom is 0.121 e. The Hall–Kier alpha value is -0.0969. The summed E-state index contributed by atoms with van der Waals surface area (Å²) in [6, 6.07) is 3.95. The SMILES string of the molecule is Cc1cc(C)c(O)c(C)c1.[Zr]. The average Bonchev–Trinajstić information content (AvgIpc) is 1.82. The van der Waals surface area contributed by atoms with Gasteiger partial charge in [-0.2, -0.15) is 0 Å². The number of hydrogen-bond acceptors (Lipinski definition) is 1. The first-order chi connectivity index (χ1) is 4.61. The number of phenols is 1. The summed E-state index contributed by atoms with van der Waals surface area (Å²) >= 11 is 0. The zero-order valence-electron chi connectivity index (χ0n) is 7.10. The molecule has 0 amide bonds. The molecular weight excluding hydrogens is 215 g/mol. The summed E-state index contributed by atoms with van der Waals surface area (Å²) in [5.74, 6) is 0.422. The van der Waals surface area contributed by atoms with E-state index in [2.05, 4.69) is 0 Å². The van der Waals surface area contributed by atoms with Crippen LogP contribution < -0.4 is 0 Å². The molecule has 1 rings (SSSR count). The minimum Gasteiger partial charge on any atom is -0.507 e. The molecular formula is C9H12OZr. The van der Waals surface area contributed by atoms with Crippen LogP contribution in [0.15, 0.2) is 12.1 Å². The van der Waals surface area contributed by atoms with Crippen LogP contribution in [0, 0.1) is 20.8 Å². The third-order valence-electron chi connectivity index (χ3n) is 1.64. The smallest absolute Gasteiger partial charge is 0.121 e. The molecule has 0 radical (unpaired) electrons. The van der Waals surface area contributed by atoms with E-state index in [0.29, 0.717) is 5.75 Å². The molecule has 0 aliphatic rings. The summed E-state index contributed by atoms with van der Waals surface area (Å²) in [6.07, 6.45) is 0.